The SMILES string of the molecule is CCC(C)(C)NC(=O)C(C)Sc1nnc(-c2cccc(Cl)c2)o1. The molecule has 1 N–H and O–H groups in total. The van der Waals surface area contributed by atoms with E-state index in [1.54, 1.807) is 12.1 Å². The van der Waals surface area contributed by atoms with Crippen LogP contribution in [-0.4, -0.2) is 26.9 Å². The van der Waals surface area contributed by atoms with Crippen LogP contribution >= 0.6 is 23.4 Å². The van der Waals surface area contributed by atoms with Crippen molar-refractivity contribution in [1.82, 2.24) is 15.5 Å². The number of thioether (sulfide) groups is 1. The van der Waals surface area contributed by atoms with Crippen LogP contribution in [0.25, 0.3) is 11.5 Å². The second-order valence-electron chi connectivity index (χ2n) is 5.87. The summed E-state index contributed by atoms with van der Waals surface area (Å²) >= 11 is 7.19. The van der Waals surface area contributed by atoms with Gasteiger partial charge in [0.2, 0.25) is 11.8 Å². The van der Waals surface area contributed by atoms with E-state index < -0.39 is 0 Å². The Bertz CT molecular complexity index is 687. The molecule has 0 aliphatic rings. The summed E-state index contributed by atoms with van der Waals surface area (Å²) in [5.41, 5.74) is 0.522. The van der Waals surface area contributed by atoms with Gasteiger partial charge in [-0.05, 0) is 45.4 Å². The Kier molecular flexibility index (Phi) is 5.70. The van der Waals surface area contributed by atoms with Crippen molar-refractivity contribution in [2.24, 2.45) is 0 Å². The van der Waals surface area contributed by atoms with Crippen LogP contribution in [0.1, 0.15) is 34.1 Å². The molecule has 0 aliphatic carbocycles. The molecule has 7 heteroatoms. The highest BCUT2D eigenvalue weighted by Crippen LogP contribution is 2.27. The van der Waals surface area contributed by atoms with E-state index in [2.05, 4.69) is 15.5 Å². The van der Waals surface area contributed by atoms with Crippen LogP contribution in [0.3, 0.4) is 0 Å². The second-order valence-corrected chi connectivity index (χ2v) is 7.60. The van der Waals surface area contributed by atoms with Gasteiger partial charge >= 0.3 is 0 Å². The van der Waals surface area contributed by atoms with Gasteiger partial charge in [0.25, 0.3) is 5.22 Å². The number of rotatable bonds is 6. The largest absolute Gasteiger partial charge is 0.411 e. The van der Waals surface area contributed by atoms with Crippen molar-refractivity contribution in [2.75, 3.05) is 0 Å². The van der Waals surface area contributed by atoms with E-state index >= 15 is 0 Å². The third kappa shape index (κ3) is 4.97. The predicted octanol–water partition coefficient (Wildman–Crippen LogP) is 4.18. The summed E-state index contributed by atoms with van der Waals surface area (Å²) in [5, 5.41) is 11.6. The van der Waals surface area contributed by atoms with Crippen LogP contribution < -0.4 is 5.32 Å². The third-order valence-corrected chi connectivity index (χ3v) is 4.64. The lowest BCUT2D eigenvalue weighted by Crippen LogP contribution is -2.46. The molecule has 0 saturated heterocycles. The van der Waals surface area contributed by atoms with Gasteiger partial charge in [-0.15, -0.1) is 10.2 Å². The van der Waals surface area contributed by atoms with Gasteiger partial charge in [-0.25, -0.2) is 0 Å². The highest BCUT2D eigenvalue weighted by molar-refractivity contribution is 8.00. The number of hydrogen-bond donors (Lipinski definition) is 1. The monoisotopic (exact) mass is 353 g/mol. The number of nitrogens with one attached hydrogen (secondary N) is 1. The van der Waals surface area contributed by atoms with Crippen molar-refractivity contribution >= 4 is 29.3 Å². The van der Waals surface area contributed by atoms with Crippen LogP contribution in [0.5, 0.6) is 0 Å². The minimum atomic E-state index is -0.325. The maximum atomic E-state index is 12.2. The summed E-state index contributed by atoms with van der Waals surface area (Å²) in [6.07, 6.45) is 0.857. The first-order valence-corrected chi connectivity index (χ1v) is 8.64. The zero-order valence-corrected chi connectivity index (χ0v) is 15.2. The molecule has 2 rings (SSSR count). The van der Waals surface area contributed by atoms with Gasteiger partial charge in [0.05, 0.1) is 5.25 Å². The number of halogens is 1. The van der Waals surface area contributed by atoms with E-state index in [4.69, 9.17) is 16.0 Å². The molecule has 1 aromatic carbocycles. The van der Waals surface area contributed by atoms with Crippen molar-refractivity contribution in [1.29, 1.82) is 0 Å². The molecule has 1 atom stereocenters. The Hall–Kier alpha value is -1.53. The fourth-order valence-electron chi connectivity index (χ4n) is 1.72. The number of amides is 1. The normalized spacial score (nSPS) is 12.9. The highest BCUT2D eigenvalue weighted by Gasteiger charge is 2.24. The highest BCUT2D eigenvalue weighted by atomic mass is 35.5. The van der Waals surface area contributed by atoms with Gasteiger partial charge in [0.15, 0.2) is 0 Å². The van der Waals surface area contributed by atoms with E-state index in [9.17, 15) is 4.79 Å². The van der Waals surface area contributed by atoms with E-state index in [0.29, 0.717) is 16.1 Å². The first-order valence-electron chi connectivity index (χ1n) is 7.39. The predicted molar refractivity (Wildman–Crippen MR) is 92.6 cm³/mol. The number of carbonyl (C=O) groups is 1. The van der Waals surface area contributed by atoms with E-state index in [1.807, 2.05) is 39.8 Å². The van der Waals surface area contributed by atoms with Gasteiger partial charge in [-0.3, -0.25) is 4.79 Å². The molecule has 0 radical (unpaired) electrons. The first-order chi connectivity index (χ1) is 10.8. The van der Waals surface area contributed by atoms with Gasteiger partial charge in [-0.1, -0.05) is 36.4 Å². The molecule has 0 fully saturated rings. The summed E-state index contributed by atoms with van der Waals surface area (Å²) in [6, 6.07) is 7.19. The molecular formula is C16H20ClN3O2S. The Morgan fingerprint density at radius 3 is 2.83 bits per heavy atom. The van der Waals surface area contributed by atoms with Crippen molar-refractivity contribution in [3.05, 3.63) is 29.3 Å². The molecule has 0 aliphatic heterocycles. The molecular weight excluding hydrogens is 334 g/mol. The van der Waals surface area contributed by atoms with Crippen molar-refractivity contribution in [2.45, 2.75) is 50.1 Å². The van der Waals surface area contributed by atoms with Crippen LogP contribution in [0.4, 0.5) is 0 Å². The van der Waals surface area contributed by atoms with Crippen molar-refractivity contribution in [3.8, 4) is 11.5 Å². The maximum absolute atomic E-state index is 12.2. The molecule has 1 amide bonds. The topological polar surface area (TPSA) is 68.0 Å². The number of hydrogen-bond acceptors (Lipinski definition) is 5. The zero-order valence-electron chi connectivity index (χ0n) is 13.6. The fraction of sp³-hybridized carbons (Fsp3) is 0.438. The molecule has 0 bridgehead atoms. The maximum Gasteiger partial charge on any atom is 0.277 e. The number of carbonyl (C=O) groups excluding carboxylic acids is 1. The fourth-order valence-corrected chi connectivity index (χ4v) is 2.60. The van der Waals surface area contributed by atoms with Gasteiger partial charge in [0.1, 0.15) is 0 Å². The molecule has 5 nitrogen and oxygen atoms in total. The smallest absolute Gasteiger partial charge is 0.277 e. The van der Waals surface area contributed by atoms with E-state index in [-0.39, 0.29) is 16.7 Å². The number of nitrogens with zero attached hydrogens (tertiary/aromatic N) is 2. The van der Waals surface area contributed by atoms with Crippen LogP contribution in [0.2, 0.25) is 5.02 Å². The minimum absolute atomic E-state index is 0.0515. The standard InChI is InChI=1S/C16H20ClN3O2S/c1-5-16(3,4)18-13(21)10(2)23-15-20-19-14(22-15)11-7-6-8-12(17)9-11/h6-10H,5H2,1-4H3,(H,18,21). The second kappa shape index (κ2) is 7.36. The lowest BCUT2D eigenvalue weighted by atomic mass is 10.0. The first kappa shape index (κ1) is 17.8. The molecule has 0 saturated carbocycles. The molecule has 0 spiro atoms. The molecule has 2 aromatic rings. The van der Waals surface area contributed by atoms with Crippen LogP contribution in [0, 0.1) is 0 Å². The van der Waals surface area contributed by atoms with E-state index in [1.165, 1.54) is 11.8 Å². The average molecular weight is 354 g/mol. The zero-order chi connectivity index (χ0) is 17.0. The van der Waals surface area contributed by atoms with Gasteiger partial charge in [0, 0.05) is 16.1 Å². The summed E-state index contributed by atoms with van der Waals surface area (Å²) < 4.78 is 5.60. The van der Waals surface area contributed by atoms with Crippen molar-refractivity contribution < 1.29 is 9.21 Å². The molecule has 23 heavy (non-hydrogen) atoms. The third-order valence-electron chi connectivity index (χ3n) is 3.47. The summed E-state index contributed by atoms with van der Waals surface area (Å²) in [4.78, 5) is 12.2. The average Bonchev–Trinajstić information content (AvgIpc) is 2.95. The van der Waals surface area contributed by atoms with Gasteiger partial charge in [-0.2, -0.15) is 0 Å². The quantitative estimate of drug-likeness (QED) is 0.789. The lowest BCUT2D eigenvalue weighted by molar-refractivity contribution is -0.121. The summed E-state index contributed by atoms with van der Waals surface area (Å²) in [6.45, 7) is 7.83. The molecule has 1 heterocycles. The molecule has 1 unspecified atom stereocenters. The van der Waals surface area contributed by atoms with Crippen LogP contribution in [-0.2, 0) is 4.79 Å². The summed E-state index contributed by atoms with van der Waals surface area (Å²) in [7, 11) is 0. The van der Waals surface area contributed by atoms with Crippen molar-refractivity contribution in [3.63, 3.8) is 0 Å². The Morgan fingerprint density at radius 2 is 2.17 bits per heavy atom. The van der Waals surface area contributed by atoms with E-state index in [0.717, 1.165) is 12.0 Å². The Morgan fingerprint density at radius 1 is 1.43 bits per heavy atom. The molecule has 124 valence electrons. The minimum Gasteiger partial charge on any atom is -0.411 e. The summed E-state index contributed by atoms with van der Waals surface area (Å²) in [5.74, 6) is 0.334. The lowest BCUT2D eigenvalue weighted by Gasteiger charge is -2.25. The Labute approximate surface area is 145 Å². The molecule has 1 aromatic heterocycles. The number of aromatic nitrogens is 2. The Balaban J connectivity index is 2.03. The number of benzene rings is 1. The van der Waals surface area contributed by atoms with Gasteiger partial charge < -0.3 is 9.73 Å². The van der Waals surface area contributed by atoms with Crippen LogP contribution in [0.15, 0.2) is 33.9 Å².